The summed E-state index contributed by atoms with van der Waals surface area (Å²) in [7, 11) is 0. The summed E-state index contributed by atoms with van der Waals surface area (Å²) in [6, 6.07) is 8.02. The first-order valence-corrected chi connectivity index (χ1v) is 8.03. The van der Waals surface area contributed by atoms with Crippen molar-refractivity contribution < 1.29 is 14.7 Å². The summed E-state index contributed by atoms with van der Waals surface area (Å²) in [5.41, 5.74) is 0.995. The average molecular weight is 318 g/mol. The van der Waals surface area contributed by atoms with Crippen LogP contribution in [0, 0.1) is 0 Å². The molecule has 1 aliphatic heterocycles. The molecule has 1 aliphatic rings. The number of fused-ring (bicyclic) bond motifs is 1. The lowest BCUT2D eigenvalue weighted by atomic mass is 10.2. The van der Waals surface area contributed by atoms with Gasteiger partial charge in [-0.15, -0.1) is 0 Å². The number of carboxylic acid groups (broad SMARTS) is 1. The van der Waals surface area contributed by atoms with E-state index in [1.165, 1.54) is 0 Å². The number of hydrogen-bond donors (Lipinski definition) is 0. The normalized spacial score (nSPS) is 15.3. The number of nitrogens with zero attached hydrogens (tertiary/aromatic N) is 3. The number of hydrogen-bond acceptors (Lipinski definition) is 6. The van der Waals surface area contributed by atoms with Crippen molar-refractivity contribution in [3.63, 3.8) is 0 Å². The van der Waals surface area contributed by atoms with Crippen molar-refractivity contribution in [1.82, 2.24) is 9.88 Å². The van der Waals surface area contributed by atoms with Crippen LogP contribution in [-0.2, 0) is 9.59 Å². The molecule has 0 atom stereocenters. The molecule has 0 N–H and O–H groups in total. The molecule has 1 fully saturated rings. The van der Waals surface area contributed by atoms with E-state index in [0.29, 0.717) is 13.1 Å². The molecule has 0 radical (unpaired) electrons. The van der Waals surface area contributed by atoms with E-state index in [4.69, 9.17) is 0 Å². The van der Waals surface area contributed by atoms with Crippen molar-refractivity contribution in [3.8, 4) is 0 Å². The Morgan fingerprint density at radius 3 is 2.55 bits per heavy atom. The van der Waals surface area contributed by atoms with E-state index in [2.05, 4.69) is 16.0 Å². The number of carbonyl (C=O) groups excluding carboxylic acids is 2. The number of carboxylic acids is 1. The molecular weight excluding hydrogens is 302 g/mol. The minimum absolute atomic E-state index is 0.0173. The first-order valence-electron chi connectivity index (χ1n) is 7.21. The Morgan fingerprint density at radius 2 is 1.86 bits per heavy atom. The molecule has 2 aromatic rings. The SMILES string of the molecule is O=C([O-])CCC(=O)N1CCN(c2nc3ccccc3s2)CC1. The Kier molecular flexibility index (Phi) is 4.24. The average Bonchev–Trinajstić information content (AvgIpc) is 2.96. The zero-order valence-corrected chi connectivity index (χ0v) is 12.8. The number of para-hydroxylation sites is 1. The summed E-state index contributed by atoms with van der Waals surface area (Å²) >= 11 is 1.65. The topological polar surface area (TPSA) is 76.6 Å². The molecular formula is C15H16N3O3S-. The maximum atomic E-state index is 11.9. The zero-order valence-electron chi connectivity index (χ0n) is 12.0. The number of thiazole rings is 1. The van der Waals surface area contributed by atoms with Crippen LogP contribution in [0.15, 0.2) is 24.3 Å². The lowest BCUT2D eigenvalue weighted by Gasteiger charge is -2.34. The van der Waals surface area contributed by atoms with E-state index in [1.54, 1.807) is 16.2 Å². The lowest BCUT2D eigenvalue weighted by molar-refractivity contribution is -0.305. The lowest BCUT2D eigenvalue weighted by Crippen LogP contribution is -2.49. The van der Waals surface area contributed by atoms with Gasteiger partial charge in [0.2, 0.25) is 5.91 Å². The second-order valence-corrected chi connectivity index (χ2v) is 6.21. The van der Waals surface area contributed by atoms with Crippen molar-refractivity contribution in [3.05, 3.63) is 24.3 Å². The van der Waals surface area contributed by atoms with Crippen LogP contribution in [-0.4, -0.2) is 47.9 Å². The molecule has 0 saturated carbocycles. The standard InChI is InChI=1S/C15H17N3O3S/c19-13(5-6-14(20)21)17-7-9-18(10-8-17)15-16-11-3-1-2-4-12(11)22-15/h1-4H,5-10H2,(H,20,21)/p-1. The van der Waals surface area contributed by atoms with E-state index in [9.17, 15) is 14.7 Å². The van der Waals surface area contributed by atoms with E-state index in [1.807, 2.05) is 18.2 Å². The number of benzene rings is 1. The summed E-state index contributed by atoms with van der Waals surface area (Å²) in [5.74, 6) is -1.30. The quantitative estimate of drug-likeness (QED) is 0.819. The Bertz CT molecular complexity index is 659. The van der Waals surface area contributed by atoms with Gasteiger partial charge < -0.3 is 19.7 Å². The largest absolute Gasteiger partial charge is 0.550 e. The smallest absolute Gasteiger partial charge is 0.223 e. The fraction of sp³-hybridized carbons (Fsp3) is 0.400. The van der Waals surface area contributed by atoms with Crippen LogP contribution in [0.25, 0.3) is 10.2 Å². The van der Waals surface area contributed by atoms with Gasteiger partial charge in [-0.1, -0.05) is 23.5 Å². The zero-order chi connectivity index (χ0) is 15.5. The Labute approximate surface area is 132 Å². The molecule has 7 heteroatoms. The molecule has 1 saturated heterocycles. The summed E-state index contributed by atoms with van der Waals surface area (Å²) in [5, 5.41) is 11.4. The number of anilines is 1. The number of carbonyl (C=O) groups is 2. The minimum Gasteiger partial charge on any atom is -0.550 e. The fourth-order valence-corrected chi connectivity index (χ4v) is 3.53. The molecule has 22 heavy (non-hydrogen) atoms. The van der Waals surface area contributed by atoms with Crippen LogP contribution in [0.5, 0.6) is 0 Å². The van der Waals surface area contributed by atoms with Crippen LogP contribution in [0.1, 0.15) is 12.8 Å². The number of amides is 1. The third kappa shape index (κ3) is 3.19. The van der Waals surface area contributed by atoms with Crippen LogP contribution >= 0.6 is 11.3 Å². The number of piperazine rings is 1. The molecule has 0 unspecified atom stereocenters. The van der Waals surface area contributed by atoms with Gasteiger partial charge in [-0.05, 0) is 18.6 Å². The van der Waals surface area contributed by atoms with E-state index in [-0.39, 0.29) is 18.7 Å². The number of rotatable bonds is 4. The van der Waals surface area contributed by atoms with Crippen molar-refractivity contribution in [2.75, 3.05) is 31.1 Å². The Morgan fingerprint density at radius 1 is 1.14 bits per heavy atom. The maximum absolute atomic E-state index is 11.9. The molecule has 1 amide bonds. The van der Waals surface area contributed by atoms with E-state index >= 15 is 0 Å². The monoisotopic (exact) mass is 318 g/mol. The minimum atomic E-state index is -1.18. The van der Waals surface area contributed by atoms with Crippen LogP contribution in [0.2, 0.25) is 0 Å². The summed E-state index contributed by atoms with van der Waals surface area (Å²) in [6.07, 6.45) is -0.194. The highest BCUT2D eigenvalue weighted by Gasteiger charge is 2.22. The molecule has 116 valence electrons. The molecule has 6 nitrogen and oxygen atoms in total. The van der Waals surface area contributed by atoms with Crippen LogP contribution in [0.4, 0.5) is 5.13 Å². The van der Waals surface area contributed by atoms with Gasteiger partial charge in [-0.25, -0.2) is 4.98 Å². The predicted molar refractivity (Wildman–Crippen MR) is 82.7 cm³/mol. The van der Waals surface area contributed by atoms with Crippen LogP contribution in [0.3, 0.4) is 0 Å². The van der Waals surface area contributed by atoms with Crippen molar-refractivity contribution in [2.24, 2.45) is 0 Å². The third-order valence-electron chi connectivity index (χ3n) is 3.73. The van der Waals surface area contributed by atoms with Gasteiger partial charge in [0, 0.05) is 38.6 Å². The Balaban J connectivity index is 1.59. The van der Waals surface area contributed by atoms with Crippen LogP contribution < -0.4 is 10.0 Å². The van der Waals surface area contributed by atoms with Gasteiger partial charge in [0.1, 0.15) is 0 Å². The van der Waals surface area contributed by atoms with Gasteiger partial charge in [0.25, 0.3) is 0 Å². The maximum Gasteiger partial charge on any atom is 0.223 e. The fourth-order valence-electron chi connectivity index (χ4n) is 2.51. The summed E-state index contributed by atoms with van der Waals surface area (Å²) in [6.45, 7) is 2.64. The van der Waals surface area contributed by atoms with Crippen molar-refractivity contribution >= 4 is 38.6 Å². The molecule has 0 bridgehead atoms. The highest BCUT2D eigenvalue weighted by Crippen LogP contribution is 2.29. The summed E-state index contributed by atoms with van der Waals surface area (Å²) in [4.78, 5) is 30.8. The van der Waals surface area contributed by atoms with Gasteiger partial charge in [0.15, 0.2) is 5.13 Å². The number of aromatic nitrogens is 1. The molecule has 3 rings (SSSR count). The second-order valence-electron chi connectivity index (χ2n) is 5.20. The molecule has 1 aromatic heterocycles. The second kappa shape index (κ2) is 6.31. The Hall–Kier alpha value is -2.15. The van der Waals surface area contributed by atoms with Crippen molar-refractivity contribution in [1.29, 1.82) is 0 Å². The van der Waals surface area contributed by atoms with Gasteiger partial charge in [0.05, 0.1) is 10.2 Å². The predicted octanol–water partition coefficient (Wildman–Crippen LogP) is 0.475. The van der Waals surface area contributed by atoms with E-state index in [0.717, 1.165) is 28.4 Å². The first kappa shape index (κ1) is 14.8. The first-order chi connectivity index (χ1) is 10.6. The highest BCUT2D eigenvalue weighted by atomic mass is 32.1. The number of aliphatic carboxylic acids is 1. The van der Waals surface area contributed by atoms with Gasteiger partial charge in [-0.3, -0.25) is 4.79 Å². The molecule has 1 aromatic carbocycles. The van der Waals surface area contributed by atoms with Crippen molar-refractivity contribution in [2.45, 2.75) is 12.8 Å². The van der Waals surface area contributed by atoms with Gasteiger partial charge in [-0.2, -0.15) is 0 Å². The van der Waals surface area contributed by atoms with E-state index < -0.39 is 5.97 Å². The van der Waals surface area contributed by atoms with Gasteiger partial charge >= 0.3 is 0 Å². The molecule has 0 aliphatic carbocycles. The highest BCUT2D eigenvalue weighted by molar-refractivity contribution is 7.22. The molecule has 2 heterocycles. The summed E-state index contributed by atoms with van der Waals surface area (Å²) < 4.78 is 1.16. The molecule has 0 spiro atoms. The third-order valence-corrected chi connectivity index (χ3v) is 4.83.